The van der Waals surface area contributed by atoms with Crippen molar-refractivity contribution in [1.82, 2.24) is 25.2 Å². The number of anilines is 4. The lowest BCUT2D eigenvalue weighted by atomic mass is 9.78. The maximum absolute atomic E-state index is 13.0. The molecule has 1 amide bonds. The molecule has 1 unspecified atom stereocenters. The Morgan fingerprint density at radius 2 is 1.71 bits per heavy atom. The molecule has 6 heterocycles. The zero-order chi connectivity index (χ0) is 28.9. The van der Waals surface area contributed by atoms with Crippen LogP contribution in [0.25, 0.3) is 0 Å². The van der Waals surface area contributed by atoms with Crippen LogP contribution in [0.2, 0.25) is 0 Å². The molecule has 0 bridgehead atoms. The first-order valence-electron chi connectivity index (χ1n) is 15.5. The SMILES string of the molecule is O=C1NCC2(CCCCC2)N2c3nc(Nc4ccc(N5CCC(N6CCC(C(F)(F)F)CC6)CC5)cn4)ncc3CC12. The molecule has 2 aromatic rings. The zero-order valence-electron chi connectivity index (χ0n) is 23.9. The standard InChI is InChI=1S/C30H39F3N8O/c31-30(32,33)21-6-12-39(13-7-21)22-8-14-40(15-9-22)23-4-5-25(34-18-23)37-28-35-17-20-16-24-27(42)36-19-29(10-2-1-3-11-29)41(24)26(20)38-28/h4-5,17-18,21-22,24H,1-3,6-16,19H2,(H,36,42)(H,34,35,37,38). The number of halogens is 3. The number of fused-ring (bicyclic) bond motifs is 4. The van der Waals surface area contributed by atoms with E-state index in [1.807, 2.05) is 24.5 Å². The fraction of sp³-hybridized carbons (Fsp3) is 0.667. The summed E-state index contributed by atoms with van der Waals surface area (Å²) in [7, 11) is 0. The highest BCUT2D eigenvalue weighted by atomic mass is 19.4. The predicted molar refractivity (Wildman–Crippen MR) is 154 cm³/mol. The number of alkyl halides is 3. The maximum atomic E-state index is 13.0. The summed E-state index contributed by atoms with van der Waals surface area (Å²) < 4.78 is 39.1. The topological polar surface area (TPSA) is 89.5 Å². The van der Waals surface area contributed by atoms with E-state index in [2.05, 4.69) is 35.3 Å². The number of nitrogens with one attached hydrogen (secondary N) is 2. The third-order valence-corrected chi connectivity index (χ3v) is 10.3. The van der Waals surface area contributed by atoms with Gasteiger partial charge in [-0.1, -0.05) is 19.3 Å². The number of pyridine rings is 1. The number of hydrogen-bond acceptors (Lipinski definition) is 8. The monoisotopic (exact) mass is 584 g/mol. The number of aromatic nitrogens is 3. The van der Waals surface area contributed by atoms with Gasteiger partial charge in [0.25, 0.3) is 0 Å². The van der Waals surface area contributed by atoms with Gasteiger partial charge in [-0.15, -0.1) is 0 Å². The normalized spacial score (nSPS) is 25.3. The van der Waals surface area contributed by atoms with Gasteiger partial charge in [0.2, 0.25) is 11.9 Å². The number of piperazine rings is 1. The molecule has 42 heavy (non-hydrogen) atoms. The number of likely N-dealkylation sites (tertiary alicyclic amines) is 1. The van der Waals surface area contributed by atoms with Crippen molar-refractivity contribution in [2.45, 2.75) is 88.0 Å². The highest BCUT2D eigenvalue weighted by molar-refractivity contribution is 5.90. The molecule has 226 valence electrons. The largest absolute Gasteiger partial charge is 0.391 e. The molecule has 1 saturated carbocycles. The van der Waals surface area contributed by atoms with E-state index < -0.39 is 12.1 Å². The summed E-state index contributed by atoms with van der Waals surface area (Å²) >= 11 is 0. The summed E-state index contributed by atoms with van der Waals surface area (Å²) in [5, 5.41) is 6.42. The zero-order valence-corrected chi connectivity index (χ0v) is 23.9. The van der Waals surface area contributed by atoms with Crippen molar-refractivity contribution in [2.24, 2.45) is 5.92 Å². The van der Waals surface area contributed by atoms with Gasteiger partial charge < -0.3 is 25.3 Å². The van der Waals surface area contributed by atoms with E-state index >= 15 is 0 Å². The molecule has 3 saturated heterocycles. The molecule has 1 spiro atoms. The average molecular weight is 585 g/mol. The Bertz CT molecular complexity index is 1280. The van der Waals surface area contributed by atoms with Gasteiger partial charge in [-0.05, 0) is 63.7 Å². The summed E-state index contributed by atoms with van der Waals surface area (Å²) in [6.45, 7) is 3.46. The van der Waals surface area contributed by atoms with E-state index in [1.54, 1.807) is 0 Å². The van der Waals surface area contributed by atoms with Crippen LogP contribution in [0.15, 0.2) is 24.5 Å². The van der Waals surface area contributed by atoms with Crippen LogP contribution in [0.1, 0.15) is 63.4 Å². The highest BCUT2D eigenvalue weighted by Crippen LogP contribution is 2.45. The van der Waals surface area contributed by atoms with Gasteiger partial charge in [-0.25, -0.2) is 9.97 Å². The number of rotatable bonds is 4. The second kappa shape index (κ2) is 10.8. The number of carbonyl (C=O) groups excluding carboxylic acids is 1. The van der Waals surface area contributed by atoms with Crippen LogP contribution in [-0.2, 0) is 11.2 Å². The first kappa shape index (κ1) is 27.7. The number of piperidine rings is 2. The van der Waals surface area contributed by atoms with Crippen LogP contribution in [0.4, 0.5) is 36.4 Å². The molecule has 7 rings (SSSR count). The molecule has 12 heteroatoms. The second-order valence-corrected chi connectivity index (χ2v) is 12.7. The number of amides is 1. The van der Waals surface area contributed by atoms with E-state index in [-0.39, 0.29) is 30.3 Å². The van der Waals surface area contributed by atoms with E-state index in [0.29, 0.717) is 43.9 Å². The Morgan fingerprint density at radius 3 is 2.40 bits per heavy atom. The third kappa shape index (κ3) is 5.16. The molecule has 9 nitrogen and oxygen atoms in total. The molecule has 2 N–H and O–H groups in total. The van der Waals surface area contributed by atoms with Gasteiger partial charge in [0.1, 0.15) is 17.7 Å². The van der Waals surface area contributed by atoms with Gasteiger partial charge in [-0.3, -0.25) is 4.79 Å². The van der Waals surface area contributed by atoms with Crippen molar-refractivity contribution in [3.63, 3.8) is 0 Å². The molecule has 4 fully saturated rings. The number of hydrogen-bond donors (Lipinski definition) is 2. The van der Waals surface area contributed by atoms with Crippen LogP contribution in [-0.4, -0.2) is 82.3 Å². The Morgan fingerprint density at radius 1 is 0.952 bits per heavy atom. The summed E-state index contributed by atoms with van der Waals surface area (Å²) in [5.74, 6) is 0.925. The fourth-order valence-electron chi connectivity index (χ4n) is 7.95. The molecule has 0 radical (unpaired) electrons. The summed E-state index contributed by atoms with van der Waals surface area (Å²) in [6.07, 6.45) is 8.27. The lowest BCUT2D eigenvalue weighted by Gasteiger charge is -2.51. The van der Waals surface area contributed by atoms with Crippen LogP contribution in [0.5, 0.6) is 0 Å². The lowest BCUT2D eigenvalue weighted by molar-refractivity contribution is -0.186. The van der Waals surface area contributed by atoms with Gasteiger partial charge >= 0.3 is 6.18 Å². The van der Waals surface area contributed by atoms with E-state index in [0.717, 1.165) is 55.8 Å². The van der Waals surface area contributed by atoms with Crippen LogP contribution >= 0.6 is 0 Å². The average Bonchev–Trinajstić information content (AvgIpc) is 3.41. The number of carbonyl (C=O) groups is 1. The van der Waals surface area contributed by atoms with Gasteiger partial charge in [0.05, 0.1) is 23.3 Å². The minimum atomic E-state index is -4.07. The summed E-state index contributed by atoms with van der Waals surface area (Å²) in [6, 6.07) is 4.10. The van der Waals surface area contributed by atoms with Crippen molar-refractivity contribution < 1.29 is 18.0 Å². The Hall–Kier alpha value is -3.15. The highest BCUT2D eigenvalue weighted by Gasteiger charge is 2.52. The smallest absolute Gasteiger partial charge is 0.370 e. The van der Waals surface area contributed by atoms with Crippen molar-refractivity contribution in [1.29, 1.82) is 0 Å². The number of nitrogens with zero attached hydrogens (tertiary/aromatic N) is 6. The maximum Gasteiger partial charge on any atom is 0.391 e. The van der Waals surface area contributed by atoms with E-state index in [4.69, 9.17) is 4.98 Å². The molecule has 1 atom stereocenters. The van der Waals surface area contributed by atoms with E-state index in [1.165, 1.54) is 19.3 Å². The quantitative estimate of drug-likeness (QED) is 0.546. The van der Waals surface area contributed by atoms with Crippen molar-refractivity contribution in [2.75, 3.05) is 47.8 Å². The van der Waals surface area contributed by atoms with Gasteiger partial charge in [0, 0.05) is 43.9 Å². The molecule has 5 aliphatic rings. The van der Waals surface area contributed by atoms with Crippen LogP contribution in [0.3, 0.4) is 0 Å². The molecular weight excluding hydrogens is 545 g/mol. The molecule has 2 aromatic heterocycles. The molecule has 1 aliphatic carbocycles. The van der Waals surface area contributed by atoms with Crippen molar-refractivity contribution in [3.05, 3.63) is 30.1 Å². The second-order valence-electron chi connectivity index (χ2n) is 12.7. The van der Waals surface area contributed by atoms with Crippen LogP contribution < -0.4 is 20.4 Å². The third-order valence-electron chi connectivity index (χ3n) is 10.3. The molecule has 0 aromatic carbocycles. The Kier molecular flexibility index (Phi) is 7.14. The molecule has 4 aliphatic heterocycles. The summed E-state index contributed by atoms with van der Waals surface area (Å²) in [5.41, 5.74) is 1.98. The van der Waals surface area contributed by atoms with E-state index in [9.17, 15) is 18.0 Å². The minimum absolute atomic E-state index is 0.0689. The lowest BCUT2D eigenvalue weighted by Crippen LogP contribution is -2.67. The van der Waals surface area contributed by atoms with Crippen molar-refractivity contribution in [3.8, 4) is 0 Å². The summed E-state index contributed by atoms with van der Waals surface area (Å²) in [4.78, 5) is 33.7. The van der Waals surface area contributed by atoms with Crippen LogP contribution in [0, 0.1) is 5.92 Å². The van der Waals surface area contributed by atoms with Gasteiger partial charge in [-0.2, -0.15) is 18.2 Å². The first-order chi connectivity index (χ1) is 20.3. The Balaban J connectivity index is 0.974. The predicted octanol–water partition coefficient (Wildman–Crippen LogP) is 4.42. The minimum Gasteiger partial charge on any atom is -0.370 e. The van der Waals surface area contributed by atoms with Gasteiger partial charge in [0.15, 0.2) is 0 Å². The first-order valence-corrected chi connectivity index (χ1v) is 15.5. The Labute approximate surface area is 244 Å². The van der Waals surface area contributed by atoms with Crippen molar-refractivity contribution >= 4 is 29.2 Å². The fourth-order valence-corrected chi connectivity index (χ4v) is 7.95. The molecular formula is C30H39F3N8O.